The van der Waals surface area contributed by atoms with Gasteiger partial charge in [0, 0.05) is 11.4 Å². The molecule has 2 rings (SSSR count). The maximum atomic E-state index is 12.4. The van der Waals surface area contributed by atoms with Crippen LogP contribution >= 0.6 is 12.6 Å². The monoisotopic (exact) mass is 261 g/mol. The quantitative estimate of drug-likeness (QED) is 0.857. The Labute approximate surface area is 112 Å². The van der Waals surface area contributed by atoms with Crippen molar-refractivity contribution in [3.8, 4) is 0 Å². The Bertz CT molecular complexity index is 522. The van der Waals surface area contributed by atoms with E-state index in [1.807, 2.05) is 37.3 Å². The van der Waals surface area contributed by atoms with Gasteiger partial charge in [-0.15, -0.1) is 12.6 Å². The molecular weight excluding hydrogens is 246 g/mol. The van der Waals surface area contributed by atoms with Crippen LogP contribution in [0.3, 0.4) is 0 Å². The molecule has 18 heavy (non-hydrogen) atoms. The zero-order chi connectivity index (χ0) is 13.0. The molecule has 0 radical (unpaired) electrons. The average molecular weight is 261 g/mol. The van der Waals surface area contributed by atoms with Gasteiger partial charge in [-0.25, -0.2) is 0 Å². The fourth-order valence-corrected chi connectivity index (χ4v) is 2.00. The molecule has 0 N–H and O–H groups in total. The first-order valence-corrected chi connectivity index (χ1v) is 6.26. The Morgan fingerprint density at radius 2 is 2.06 bits per heavy atom. The molecule has 0 saturated heterocycles. The highest BCUT2D eigenvalue weighted by atomic mass is 32.1. The SMILES string of the molecule is CCN(Cc1ccco1)C(=O)c1ccccc1S. The highest BCUT2D eigenvalue weighted by Crippen LogP contribution is 2.17. The molecule has 0 spiro atoms. The van der Waals surface area contributed by atoms with Gasteiger partial charge in [0.1, 0.15) is 5.76 Å². The molecule has 3 nitrogen and oxygen atoms in total. The van der Waals surface area contributed by atoms with Crippen molar-refractivity contribution in [2.45, 2.75) is 18.4 Å². The van der Waals surface area contributed by atoms with E-state index in [-0.39, 0.29) is 5.91 Å². The maximum Gasteiger partial charge on any atom is 0.255 e. The minimum Gasteiger partial charge on any atom is -0.467 e. The van der Waals surface area contributed by atoms with E-state index in [0.29, 0.717) is 23.5 Å². The second kappa shape index (κ2) is 5.78. The Kier molecular flexibility index (Phi) is 4.10. The predicted octanol–water partition coefficient (Wildman–Crippen LogP) is 3.23. The van der Waals surface area contributed by atoms with E-state index in [2.05, 4.69) is 12.6 Å². The minimum atomic E-state index is -0.0282. The number of amides is 1. The van der Waals surface area contributed by atoms with Crippen molar-refractivity contribution in [3.63, 3.8) is 0 Å². The van der Waals surface area contributed by atoms with Gasteiger partial charge in [0.2, 0.25) is 0 Å². The standard InChI is InChI=1S/C14H15NO2S/c1-2-15(10-11-6-5-9-17-11)14(16)12-7-3-4-8-13(12)18/h3-9,18H,2,10H2,1H3. The van der Waals surface area contributed by atoms with E-state index in [1.165, 1.54) is 0 Å². The highest BCUT2D eigenvalue weighted by molar-refractivity contribution is 7.80. The molecule has 0 aliphatic heterocycles. The van der Waals surface area contributed by atoms with E-state index in [4.69, 9.17) is 4.42 Å². The highest BCUT2D eigenvalue weighted by Gasteiger charge is 2.17. The molecule has 4 heteroatoms. The van der Waals surface area contributed by atoms with E-state index < -0.39 is 0 Å². The lowest BCUT2D eigenvalue weighted by atomic mass is 10.2. The van der Waals surface area contributed by atoms with Crippen molar-refractivity contribution in [2.75, 3.05) is 6.54 Å². The summed E-state index contributed by atoms with van der Waals surface area (Å²) in [6.45, 7) is 3.05. The van der Waals surface area contributed by atoms with Crippen LogP contribution in [0.5, 0.6) is 0 Å². The summed E-state index contributed by atoms with van der Waals surface area (Å²) >= 11 is 4.31. The second-order valence-corrected chi connectivity index (χ2v) is 4.40. The van der Waals surface area contributed by atoms with Crippen LogP contribution in [0.25, 0.3) is 0 Å². The Hall–Kier alpha value is -1.68. The molecule has 0 aliphatic carbocycles. The van der Waals surface area contributed by atoms with Gasteiger partial charge in [0.05, 0.1) is 18.4 Å². The number of furan rings is 1. The Balaban J connectivity index is 2.18. The van der Waals surface area contributed by atoms with Crippen LogP contribution in [-0.2, 0) is 6.54 Å². The van der Waals surface area contributed by atoms with E-state index >= 15 is 0 Å². The average Bonchev–Trinajstić information content (AvgIpc) is 2.88. The van der Waals surface area contributed by atoms with Gasteiger partial charge >= 0.3 is 0 Å². The summed E-state index contributed by atoms with van der Waals surface area (Å²) in [6.07, 6.45) is 1.61. The van der Waals surface area contributed by atoms with Gasteiger partial charge in [-0.1, -0.05) is 12.1 Å². The fraction of sp³-hybridized carbons (Fsp3) is 0.214. The van der Waals surface area contributed by atoms with Gasteiger partial charge in [-0.3, -0.25) is 4.79 Å². The molecular formula is C14H15NO2S. The topological polar surface area (TPSA) is 33.5 Å². The summed E-state index contributed by atoms with van der Waals surface area (Å²) in [5.41, 5.74) is 0.620. The first-order valence-electron chi connectivity index (χ1n) is 5.82. The first kappa shape index (κ1) is 12.8. The summed E-state index contributed by atoms with van der Waals surface area (Å²) in [4.78, 5) is 14.8. The van der Waals surface area contributed by atoms with Crippen LogP contribution in [0.1, 0.15) is 23.0 Å². The molecule has 0 aliphatic rings. The normalized spacial score (nSPS) is 10.3. The third kappa shape index (κ3) is 2.76. The van der Waals surface area contributed by atoms with Gasteiger partial charge in [-0.05, 0) is 31.2 Å². The van der Waals surface area contributed by atoms with Crippen molar-refractivity contribution in [1.29, 1.82) is 0 Å². The largest absolute Gasteiger partial charge is 0.467 e. The minimum absolute atomic E-state index is 0.0282. The molecule has 1 amide bonds. The van der Waals surface area contributed by atoms with Gasteiger partial charge in [0.15, 0.2) is 0 Å². The van der Waals surface area contributed by atoms with Crippen LogP contribution in [0.4, 0.5) is 0 Å². The van der Waals surface area contributed by atoms with Crippen molar-refractivity contribution in [1.82, 2.24) is 4.90 Å². The number of nitrogens with zero attached hydrogens (tertiary/aromatic N) is 1. The smallest absolute Gasteiger partial charge is 0.255 e. The summed E-state index contributed by atoms with van der Waals surface area (Å²) in [5, 5.41) is 0. The maximum absolute atomic E-state index is 12.4. The fourth-order valence-electron chi connectivity index (χ4n) is 1.74. The Morgan fingerprint density at radius 1 is 1.28 bits per heavy atom. The lowest BCUT2D eigenvalue weighted by Gasteiger charge is -2.20. The third-order valence-corrected chi connectivity index (χ3v) is 3.12. The third-order valence-electron chi connectivity index (χ3n) is 2.73. The zero-order valence-electron chi connectivity index (χ0n) is 10.2. The molecule has 1 heterocycles. The zero-order valence-corrected chi connectivity index (χ0v) is 11.1. The molecule has 2 aromatic rings. The molecule has 1 aromatic heterocycles. The van der Waals surface area contributed by atoms with E-state index in [0.717, 1.165) is 5.76 Å². The summed E-state index contributed by atoms with van der Waals surface area (Å²) < 4.78 is 5.27. The summed E-state index contributed by atoms with van der Waals surface area (Å²) in [5.74, 6) is 0.751. The van der Waals surface area contributed by atoms with Crippen molar-refractivity contribution in [3.05, 3.63) is 54.0 Å². The molecule has 0 unspecified atom stereocenters. The van der Waals surface area contributed by atoms with Gasteiger partial charge in [-0.2, -0.15) is 0 Å². The number of hydrogen-bond acceptors (Lipinski definition) is 3. The molecule has 0 fully saturated rings. The van der Waals surface area contributed by atoms with E-state index in [1.54, 1.807) is 17.2 Å². The molecule has 0 atom stereocenters. The first-order chi connectivity index (χ1) is 8.72. The van der Waals surface area contributed by atoms with Gasteiger partial charge in [0.25, 0.3) is 5.91 Å². The Morgan fingerprint density at radius 3 is 2.67 bits per heavy atom. The van der Waals surface area contributed by atoms with Crippen molar-refractivity contribution in [2.24, 2.45) is 0 Å². The van der Waals surface area contributed by atoms with Gasteiger partial charge < -0.3 is 9.32 Å². The number of carbonyl (C=O) groups is 1. The lowest BCUT2D eigenvalue weighted by Crippen LogP contribution is -2.30. The number of rotatable bonds is 4. The molecule has 0 saturated carbocycles. The van der Waals surface area contributed by atoms with Crippen LogP contribution in [-0.4, -0.2) is 17.4 Å². The van der Waals surface area contributed by atoms with Crippen molar-refractivity contribution >= 4 is 18.5 Å². The molecule has 1 aromatic carbocycles. The second-order valence-electron chi connectivity index (χ2n) is 3.92. The number of benzene rings is 1. The van der Waals surface area contributed by atoms with Crippen LogP contribution in [0, 0.1) is 0 Å². The lowest BCUT2D eigenvalue weighted by molar-refractivity contribution is 0.0738. The summed E-state index contributed by atoms with van der Waals surface area (Å²) in [6, 6.07) is 11.0. The van der Waals surface area contributed by atoms with Crippen molar-refractivity contribution < 1.29 is 9.21 Å². The van der Waals surface area contributed by atoms with E-state index in [9.17, 15) is 4.79 Å². The molecule has 94 valence electrons. The predicted molar refractivity (Wildman–Crippen MR) is 72.8 cm³/mol. The number of carbonyl (C=O) groups excluding carboxylic acids is 1. The van der Waals surface area contributed by atoms with Crippen LogP contribution in [0.15, 0.2) is 52.0 Å². The summed E-state index contributed by atoms with van der Waals surface area (Å²) in [7, 11) is 0. The van der Waals surface area contributed by atoms with Crippen LogP contribution < -0.4 is 0 Å². The number of thiol groups is 1. The van der Waals surface area contributed by atoms with Crippen LogP contribution in [0.2, 0.25) is 0 Å². The molecule has 0 bridgehead atoms. The number of hydrogen-bond donors (Lipinski definition) is 1.